The van der Waals surface area contributed by atoms with Crippen LogP contribution in [-0.4, -0.2) is 40.4 Å². The Bertz CT molecular complexity index is 1160. The van der Waals surface area contributed by atoms with Crippen molar-refractivity contribution >= 4 is 32.5 Å². The van der Waals surface area contributed by atoms with Crippen LogP contribution < -0.4 is 9.46 Å². The number of hydrogen-bond acceptors (Lipinski definition) is 6. The average Bonchev–Trinajstić information content (AvgIpc) is 2.77. The lowest BCUT2D eigenvalue weighted by Gasteiger charge is -2.08. The molecule has 156 valence electrons. The summed E-state index contributed by atoms with van der Waals surface area (Å²) in [6, 6.07) is 18.7. The number of carbonyl (C=O) groups is 2. The van der Waals surface area contributed by atoms with E-state index >= 15 is 0 Å². The normalized spacial score (nSPS) is 11.2. The maximum absolute atomic E-state index is 12.4. The largest absolute Gasteiger partial charge is 0.497 e. The number of benzene rings is 3. The monoisotopic (exact) mass is 427 g/mol. The second-order valence-corrected chi connectivity index (χ2v) is 8.24. The van der Waals surface area contributed by atoms with Gasteiger partial charge < -0.3 is 9.47 Å². The quantitative estimate of drug-likeness (QED) is 0.416. The minimum atomic E-state index is -3.76. The van der Waals surface area contributed by atoms with Crippen LogP contribution in [0.1, 0.15) is 16.8 Å². The van der Waals surface area contributed by atoms with E-state index < -0.39 is 22.6 Å². The number of nitrogens with one attached hydrogen (secondary N) is 1. The van der Waals surface area contributed by atoms with Gasteiger partial charge in [-0.3, -0.25) is 9.59 Å². The van der Waals surface area contributed by atoms with Gasteiger partial charge in [-0.2, -0.15) is 0 Å². The highest BCUT2D eigenvalue weighted by Gasteiger charge is 2.16. The van der Waals surface area contributed by atoms with Crippen LogP contribution in [-0.2, 0) is 19.6 Å². The number of Topliss-reactive ketones (excluding diaryl/α,β-unsaturated/α-hetero) is 1. The third kappa shape index (κ3) is 5.43. The molecular formula is C22H21NO6S. The summed E-state index contributed by atoms with van der Waals surface area (Å²) in [6.45, 7) is -0.548. The summed E-state index contributed by atoms with van der Waals surface area (Å²) in [6.07, 6.45) is -0.192. The van der Waals surface area contributed by atoms with Crippen molar-refractivity contribution in [2.45, 2.75) is 11.3 Å². The van der Waals surface area contributed by atoms with Gasteiger partial charge in [-0.1, -0.05) is 30.3 Å². The zero-order valence-corrected chi connectivity index (χ0v) is 17.1. The van der Waals surface area contributed by atoms with E-state index in [-0.39, 0.29) is 23.6 Å². The lowest BCUT2D eigenvalue weighted by atomic mass is 10.1. The summed E-state index contributed by atoms with van der Waals surface area (Å²) in [4.78, 5) is 24.0. The van der Waals surface area contributed by atoms with Gasteiger partial charge in [0, 0.05) is 12.1 Å². The van der Waals surface area contributed by atoms with E-state index in [1.165, 1.54) is 13.2 Å². The molecule has 0 saturated carbocycles. The molecule has 3 aromatic rings. The molecular weight excluding hydrogens is 406 g/mol. The lowest BCUT2D eigenvalue weighted by Crippen LogP contribution is -2.27. The second kappa shape index (κ2) is 9.51. The summed E-state index contributed by atoms with van der Waals surface area (Å²) in [5.41, 5.74) is 0.389. The minimum Gasteiger partial charge on any atom is -0.497 e. The second-order valence-electron chi connectivity index (χ2n) is 6.47. The van der Waals surface area contributed by atoms with Gasteiger partial charge >= 0.3 is 5.97 Å². The molecule has 0 aliphatic carbocycles. The van der Waals surface area contributed by atoms with Crippen molar-refractivity contribution in [1.82, 2.24) is 4.72 Å². The van der Waals surface area contributed by atoms with Crippen LogP contribution in [0.2, 0.25) is 0 Å². The van der Waals surface area contributed by atoms with Crippen LogP contribution in [0.4, 0.5) is 0 Å². The van der Waals surface area contributed by atoms with Crippen molar-refractivity contribution in [2.24, 2.45) is 0 Å². The Labute approximate surface area is 174 Å². The van der Waals surface area contributed by atoms with E-state index in [4.69, 9.17) is 9.47 Å². The van der Waals surface area contributed by atoms with Gasteiger partial charge in [0.05, 0.1) is 18.4 Å². The average molecular weight is 427 g/mol. The molecule has 0 fully saturated rings. The molecule has 8 heteroatoms. The zero-order valence-electron chi connectivity index (χ0n) is 16.3. The molecule has 3 aromatic carbocycles. The fourth-order valence-electron chi connectivity index (χ4n) is 2.78. The highest BCUT2D eigenvalue weighted by molar-refractivity contribution is 7.89. The molecule has 0 heterocycles. The number of esters is 1. The Morgan fingerprint density at radius 3 is 2.33 bits per heavy atom. The standard InChI is InChI=1S/C22H21NO6S/c1-28-19-9-6-17(7-10-19)21(24)15-29-22(25)12-13-23-30(26,27)20-11-8-16-4-2-3-5-18(16)14-20/h2-11,14,23H,12-13,15H2,1H3. The van der Waals surface area contributed by atoms with Crippen molar-refractivity contribution in [3.63, 3.8) is 0 Å². The molecule has 0 radical (unpaired) electrons. The Morgan fingerprint density at radius 1 is 0.933 bits per heavy atom. The van der Waals surface area contributed by atoms with Crippen molar-refractivity contribution in [3.8, 4) is 5.75 Å². The van der Waals surface area contributed by atoms with Crippen molar-refractivity contribution in [1.29, 1.82) is 0 Å². The predicted octanol–water partition coefficient (Wildman–Crippen LogP) is 2.94. The van der Waals surface area contributed by atoms with Gasteiger partial charge in [0.25, 0.3) is 0 Å². The van der Waals surface area contributed by atoms with Crippen molar-refractivity contribution in [2.75, 3.05) is 20.3 Å². The SMILES string of the molecule is COc1ccc(C(=O)COC(=O)CCNS(=O)(=O)c2ccc3ccccc3c2)cc1. The first-order chi connectivity index (χ1) is 14.4. The number of ketones is 1. The predicted molar refractivity (Wildman–Crippen MR) is 112 cm³/mol. The number of methoxy groups -OCH3 is 1. The Hall–Kier alpha value is -3.23. The Morgan fingerprint density at radius 2 is 1.63 bits per heavy atom. The highest BCUT2D eigenvalue weighted by Crippen LogP contribution is 2.18. The van der Waals surface area contributed by atoms with Crippen LogP contribution in [0, 0.1) is 0 Å². The van der Waals surface area contributed by atoms with E-state index in [1.54, 1.807) is 36.4 Å². The molecule has 0 saturated heterocycles. The smallest absolute Gasteiger partial charge is 0.307 e. The molecule has 1 N–H and O–H groups in total. The number of ether oxygens (including phenoxy) is 2. The maximum Gasteiger partial charge on any atom is 0.307 e. The first kappa shape index (κ1) is 21.5. The third-order valence-corrected chi connectivity index (χ3v) is 5.89. The molecule has 0 unspecified atom stereocenters. The number of carbonyl (C=O) groups excluding carboxylic acids is 2. The van der Waals surface area contributed by atoms with Gasteiger partial charge in [0.2, 0.25) is 10.0 Å². The fourth-order valence-corrected chi connectivity index (χ4v) is 3.85. The number of rotatable bonds is 9. The molecule has 0 atom stereocenters. The van der Waals surface area contributed by atoms with Crippen LogP contribution >= 0.6 is 0 Å². The van der Waals surface area contributed by atoms with Gasteiger partial charge in [0.15, 0.2) is 12.4 Å². The molecule has 7 nitrogen and oxygen atoms in total. The maximum atomic E-state index is 12.4. The summed E-state index contributed by atoms with van der Waals surface area (Å²) in [5.74, 6) is -0.414. The molecule has 30 heavy (non-hydrogen) atoms. The fraction of sp³-hybridized carbons (Fsp3) is 0.182. The van der Waals surface area contributed by atoms with Gasteiger partial charge in [-0.15, -0.1) is 0 Å². The lowest BCUT2D eigenvalue weighted by molar-refractivity contribution is -0.142. The topological polar surface area (TPSA) is 98.8 Å². The highest BCUT2D eigenvalue weighted by atomic mass is 32.2. The molecule has 3 rings (SSSR count). The molecule has 0 aromatic heterocycles. The molecule has 0 aliphatic heterocycles. The van der Waals surface area contributed by atoms with Gasteiger partial charge in [-0.25, -0.2) is 13.1 Å². The van der Waals surface area contributed by atoms with E-state index in [1.807, 2.05) is 24.3 Å². The van der Waals surface area contributed by atoms with Gasteiger partial charge in [-0.05, 0) is 47.2 Å². The van der Waals surface area contributed by atoms with E-state index in [0.29, 0.717) is 11.3 Å². The first-order valence-corrected chi connectivity index (χ1v) is 10.7. The number of sulfonamides is 1. The minimum absolute atomic E-state index is 0.115. The molecule has 0 bridgehead atoms. The van der Waals surface area contributed by atoms with Crippen LogP contribution in [0.15, 0.2) is 71.6 Å². The van der Waals surface area contributed by atoms with Crippen LogP contribution in [0.25, 0.3) is 10.8 Å². The summed E-state index contributed by atoms with van der Waals surface area (Å²) in [7, 11) is -2.24. The summed E-state index contributed by atoms with van der Waals surface area (Å²) >= 11 is 0. The van der Waals surface area contributed by atoms with Gasteiger partial charge in [0.1, 0.15) is 5.75 Å². The van der Waals surface area contributed by atoms with E-state index in [0.717, 1.165) is 10.8 Å². The van der Waals surface area contributed by atoms with Crippen molar-refractivity contribution in [3.05, 3.63) is 72.3 Å². The first-order valence-electron chi connectivity index (χ1n) is 9.20. The zero-order chi connectivity index (χ0) is 21.6. The van der Waals surface area contributed by atoms with Crippen molar-refractivity contribution < 1.29 is 27.5 Å². The summed E-state index contributed by atoms with van der Waals surface area (Å²) < 4.78 is 37.2. The Kier molecular flexibility index (Phi) is 6.81. The molecule has 0 spiro atoms. The van der Waals surface area contributed by atoms with Crippen LogP contribution in [0.5, 0.6) is 5.75 Å². The Balaban J connectivity index is 1.48. The van der Waals surface area contributed by atoms with Crippen LogP contribution in [0.3, 0.4) is 0 Å². The number of fused-ring (bicyclic) bond motifs is 1. The van der Waals surface area contributed by atoms with E-state index in [2.05, 4.69) is 4.72 Å². The molecule has 0 aliphatic rings. The van der Waals surface area contributed by atoms with E-state index in [9.17, 15) is 18.0 Å². The number of hydrogen-bond donors (Lipinski definition) is 1. The third-order valence-electron chi connectivity index (χ3n) is 4.43. The molecule has 0 amide bonds. The summed E-state index contributed by atoms with van der Waals surface area (Å²) in [5, 5.41) is 1.73.